The summed E-state index contributed by atoms with van der Waals surface area (Å²) in [6.07, 6.45) is 4.97. The van der Waals surface area contributed by atoms with E-state index in [4.69, 9.17) is 9.47 Å². The number of imide groups is 1. The molecule has 0 aliphatic carbocycles. The molecule has 9 heteroatoms. The molecule has 2 amide bonds. The second kappa shape index (κ2) is 9.09. The molecule has 3 heterocycles. The summed E-state index contributed by atoms with van der Waals surface area (Å²) < 4.78 is 10.7. The van der Waals surface area contributed by atoms with Crippen molar-refractivity contribution in [3.8, 4) is 11.5 Å². The van der Waals surface area contributed by atoms with Crippen molar-refractivity contribution >= 4 is 23.3 Å². The summed E-state index contributed by atoms with van der Waals surface area (Å²) >= 11 is 0. The van der Waals surface area contributed by atoms with Gasteiger partial charge in [-0.3, -0.25) is 14.5 Å². The van der Waals surface area contributed by atoms with E-state index in [0.717, 1.165) is 0 Å². The topological polar surface area (TPSA) is 88.1 Å². The Hall–Kier alpha value is -3.88. The van der Waals surface area contributed by atoms with E-state index in [-0.39, 0.29) is 18.4 Å². The predicted octanol–water partition coefficient (Wildman–Crippen LogP) is 1.58. The molecule has 32 heavy (non-hydrogen) atoms. The number of carbonyl (C=O) groups excluding carboxylic acids is 2. The summed E-state index contributed by atoms with van der Waals surface area (Å²) in [6.45, 7) is 6.23. The van der Waals surface area contributed by atoms with Crippen LogP contribution in [0.4, 0.5) is 5.95 Å². The fourth-order valence-corrected chi connectivity index (χ4v) is 3.99. The Morgan fingerprint density at radius 2 is 1.62 bits per heavy atom. The zero-order valence-electron chi connectivity index (χ0n) is 18.2. The normalized spacial score (nSPS) is 16.6. The van der Waals surface area contributed by atoms with E-state index >= 15 is 0 Å². The number of amides is 2. The van der Waals surface area contributed by atoms with Crippen molar-refractivity contribution in [1.82, 2.24) is 19.8 Å². The molecular weight excluding hydrogens is 410 g/mol. The van der Waals surface area contributed by atoms with Crippen LogP contribution in [0, 0.1) is 0 Å². The molecule has 0 spiro atoms. The van der Waals surface area contributed by atoms with Crippen molar-refractivity contribution in [1.29, 1.82) is 0 Å². The number of methoxy groups -OCH3 is 2. The molecule has 4 rings (SSSR count). The number of hydrogen-bond donors (Lipinski definition) is 0. The third kappa shape index (κ3) is 3.77. The molecule has 1 saturated heterocycles. The van der Waals surface area contributed by atoms with Crippen LogP contribution in [0.25, 0.3) is 5.57 Å². The van der Waals surface area contributed by atoms with E-state index < -0.39 is 0 Å². The zero-order valence-corrected chi connectivity index (χ0v) is 18.2. The Kier molecular flexibility index (Phi) is 6.07. The average molecular weight is 435 g/mol. The Labute approximate surface area is 186 Å². The average Bonchev–Trinajstić information content (AvgIpc) is 3.09. The van der Waals surface area contributed by atoms with Crippen LogP contribution >= 0.6 is 0 Å². The fourth-order valence-electron chi connectivity index (χ4n) is 3.99. The number of nitrogens with zero attached hydrogens (tertiary/aromatic N) is 5. The number of benzene rings is 1. The molecule has 0 atom stereocenters. The lowest BCUT2D eigenvalue weighted by molar-refractivity contribution is -0.136. The van der Waals surface area contributed by atoms with E-state index in [1.165, 1.54) is 12.0 Å². The first-order valence-electron chi connectivity index (χ1n) is 10.3. The van der Waals surface area contributed by atoms with Gasteiger partial charge in [0.05, 0.1) is 19.8 Å². The number of aromatic nitrogens is 2. The van der Waals surface area contributed by atoms with E-state index in [0.29, 0.717) is 60.5 Å². The number of rotatable bonds is 7. The van der Waals surface area contributed by atoms with Crippen LogP contribution in [0.15, 0.2) is 55.0 Å². The quantitative estimate of drug-likeness (QED) is 0.479. The number of piperazine rings is 1. The summed E-state index contributed by atoms with van der Waals surface area (Å²) in [6, 6.07) is 7.01. The molecule has 1 aromatic carbocycles. The zero-order chi connectivity index (χ0) is 22.7. The molecule has 9 nitrogen and oxygen atoms in total. The van der Waals surface area contributed by atoms with Gasteiger partial charge in [-0.25, -0.2) is 9.97 Å². The minimum absolute atomic E-state index is 0.149. The van der Waals surface area contributed by atoms with Crippen LogP contribution in [0.3, 0.4) is 0 Å². The number of hydrogen-bond acceptors (Lipinski definition) is 8. The maximum absolute atomic E-state index is 13.3. The monoisotopic (exact) mass is 435 g/mol. The van der Waals surface area contributed by atoms with Crippen molar-refractivity contribution in [2.45, 2.75) is 0 Å². The van der Waals surface area contributed by atoms with Crippen LogP contribution in [0.1, 0.15) is 5.56 Å². The lowest BCUT2D eigenvalue weighted by Gasteiger charge is -2.36. The Morgan fingerprint density at radius 3 is 2.25 bits per heavy atom. The van der Waals surface area contributed by atoms with Gasteiger partial charge in [0.25, 0.3) is 11.8 Å². The van der Waals surface area contributed by atoms with Gasteiger partial charge in [0.2, 0.25) is 5.95 Å². The van der Waals surface area contributed by atoms with Crippen molar-refractivity contribution in [2.24, 2.45) is 0 Å². The second-order valence-corrected chi connectivity index (χ2v) is 7.33. The summed E-state index contributed by atoms with van der Waals surface area (Å²) in [4.78, 5) is 40.4. The second-order valence-electron chi connectivity index (χ2n) is 7.33. The first kappa shape index (κ1) is 21.4. The number of ether oxygens (including phenoxy) is 2. The Balaban J connectivity index is 1.69. The molecule has 0 saturated carbocycles. The molecular formula is C23H25N5O4. The Bertz CT molecular complexity index is 1060. The minimum atomic E-state index is -0.342. The van der Waals surface area contributed by atoms with Gasteiger partial charge in [-0.1, -0.05) is 12.1 Å². The summed E-state index contributed by atoms with van der Waals surface area (Å²) in [5.74, 6) is 1.04. The third-order valence-electron chi connectivity index (χ3n) is 5.56. The molecule has 0 radical (unpaired) electrons. The van der Waals surface area contributed by atoms with Gasteiger partial charge < -0.3 is 19.3 Å². The maximum Gasteiger partial charge on any atom is 0.278 e. The molecule has 2 aliphatic heterocycles. The van der Waals surface area contributed by atoms with Crippen LogP contribution in [0.5, 0.6) is 11.5 Å². The van der Waals surface area contributed by atoms with Gasteiger partial charge in [0, 0.05) is 45.1 Å². The maximum atomic E-state index is 13.3. The van der Waals surface area contributed by atoms with Gasteiger partial charge in [-0.05, 0) is 23.8 Å². The minimum Gasteiger partial charge on any atom is -0.493 e. The molecule has 0 N–H and O–H groups in total. The Morgan fingerprint density at radius 1 is 0.969 bits per heavy atom. The first-order valence-corrected chi connectivity index (χ1v) is 10.3. The van der Waals surface area contributed by atoms with Gasteiger partial charge >= 0.3 is 0 Å². The van der Waals surface area contributed by atoms with E-state index in [2.05, 4.69) is 21.4 Å². The first-order chi connectivity index (χ1) is 15.6. The highest BCUT2D eigenvalue weighted by atomic mass is 16.5. The van der Waals surface area contributed by atoms with Crippen LogP contribution in [0.2, 0.25) is 0 Å². The molecule has 2 aliphatic rings. The summed E-state index contributed by atoms with van der Waals surface area (Å²) in [7, 11) is 3.08. The van der Waals surface area contributed by atoms with Crippen molar-refractivity contribution in [3.05, 3.63) is 60.6 Å². The fraction of sp³-hybridized carbons (Fsp3) is 0.304. The summed E-state index contributed by atoms with van der Waals surface area (Å²) in [5.41, 5.74) is 1.37. The largest absolute Gasteiger partial charge is 0.493 e. The van der Waals surface area contributed by atoms with Crippen LogP contribution in [-0.4, -0.2) is 78.5 Å². The van der Waals surface area contributed by atoms with Gasteiger partial charge in [-0.2, -0.15) is 0 Å². The van der Waals surface area contributed by atoms with Gasteiger partial charge in [-0.15, -0.1) is 6.58 Å². The molecule has 166 valence electrons. The molecule has 1 aromatic heterocycles. The van der Waals surface area contributed by atoms with E-state index in [1.54, 1.807) is 49.8 Å². The van der Waals surface area contributed by atoms with Gasteiger partial charge in [0.15, 0.2) is 11.5 Å². The smallest absolute Gasteiger partial charge is 0.278 e. The lowest BCUT2D eigenvalue weighted by atomic mass is 10.0. The van der Waals surface area contributed by atoms with Gasteiger partial charge in [0.1, 0.15) is 5.70 Å². The highest BCUT2D eigenvalue weighted by molar-refractivity contribution is 6.35. The van der Waals surface area contributed by atoms with Crippen molar-refractivity contribution < 1.29 is 19.1 Å². The standard InChI is InChI=1S/C23H25N5O4/c1-4-10-28-21(29)19(16-6-7-17(31-2)18(15-16)32-3)20(22(28)30)26-11-13-27(14-12-26)23-24-8-5-9-25-23/h4-9,15H,1,10-14H2,2-3H3. The molecule has 1 fully saturated rings. The van der Waals surface area contributed by atoms with Crippen LogP contribution < -0.4 is 14.4 Å². The van der Waals surface area contributed by atoms with Crippen molar-refractivity contribution in [2.75, 3.05) is 51.8 Å². The van der Waals surface area contributed by atoms with Crippen LogP contribution in [-0.2, 0) is 9.59 Å². The van der Waals surface area contributed by atoms with E-state index in [1.807, 2.05) is 4.90 Å². The van der Waals surface area contributed by atoms with Crippen molar-refractivity contribution in [3.63, 3.8) is 0 Å². The van der Waals surface area contributed by atoms with E-state index in [9.17, 15) is 9.59 Å². The molecule has 0 bridgehead atoms. The molecule has 2 aromatic rings. The highest BCUT2D eigenvalue weighted by Gasteiger charge is 2.42. The third-order valence-corrected chi connectivity index (χ3v) is 5.56. The number of anilines is 1. The predicted molar refractivity (Wildman–Crippen MR) is 119 cm³/mol. The SMILES string of the molecule is C=CCN1C(=O)C(c2ccc(OC)c(OC)c2)=C(N2CCN(c3ncccn3)CC2)C1=O. The summed E-state index contributed by atoms with van der Waals surface area (Å²) in [5, 5.41) is 0. The number of carbonyl (C=O) groups is 2. The molecule has 0 unspecified atom stereocenters. The lowest BCUT2D eigenvalue weighted by Crippen LogP contribution is -2.48. The highest BCUT2D eigenvalue weighted by Crippen LogP contribution is 2.36.